The zero-order valence-corrected chi connectivity index (χ0v) is 18.9. The standard InChI is InChI=1S/C25H26ClN3O2/c1-14-8-7-11-20(27-14)29-24(31)21-15(2)28-18-12-25(3,4)13-19(30)23(18)22(21)16-9-5-6-10-17(16)26/h5-11,22,28H,12-13H2,1-4H3,(H,27,29,31). The molecule has 2 heterocycles. The lowest BCUT2D eigenvalue weighted by atomic mass is 9.68. The van der Waals surface area contributed by atoms with Gasteiger partial charge in [0.2, 0.25) is 0 Å². The Morgan fingerprint density at radius 1 is 1.13 bits per heavy atom. The van der Waals surface area contributed by atoms with Crippen molar-refractivity contribution in [3.8, 4) is 0 Å². The summed E-state index contributed by atoms with van der Waals surface area (Å²) >= 11 is 6.57. The number of carbonyl (C=O) groups excluding carboxylic acids is 2. The van der Waals surface area contributed by atoms with E-state index in [0.717, 1.165) is 29.1 Å². The monoisotopic (exact) mass is 435 g/mol. The van der Waals surface area contributed by atoms with Crippen molar-refractivity contribution in [1.82, 2.24) is 10.3 Å². The van der Waals surface area contributed by atoms with Crippen LogP contribution >= 0.6 is 11.6 Å². The Morgan fingerprint density at radius 2 is 1.87 bits per heavy atom. The molecule has 1 unspecified atom stereocenters. The van der Waals surface area contributed by atoms with Crippen LogP contribution in [-0.4, -0.2) is 16.7 Å². The number of amides is 1. The zero-order chi connectivity index (χ0) is 22.3. The van der Waals surface area contributed by atoms with Gasteiger partial charge in [-0.1, -0.05) is 49.7 Å². The third-order valence-corrected chi connectivity index (χ3v) is 6.17. The van der Waals surface area contributed by atoms with Gasteiger partial charge in [-0.15, -0.1) is 0 Å². The van der Waals surface area contributed by atoms with Crippen molar-refractivity contribution in [2.45, 2.75) is 46.5 Å². The first-order chi connectivity index (χ1) is 14.7. The number of aromatic nitrogens is 1. The molecule has 1 amide bonds. The van der Waals surface area contributed by atoms with E-state index in [1.807, 2.05) is 44.2 Å². The highest BCUT2D eigenvalue weighted by atomic mass is 35.5. The summed E-state index contributed by atoms with van der Waals surface area (Å²) in [5.74, 6) is -0.301. The van der Waals surface area contributed by atoms with E-state index < -0.39 is 5.92 Å². The van der Waals surface area contributed by atoms with E-state index >= 15 is 0 Å². The van der Waals surface area contributed by atoms with Crippen LogP contribution in [0.4, 0.5) is 5.82 Å². The van der Waals surface area contributed by atoms with Crippen LogP contribution in [-0.2, 0) is 9.59 Å². The molecule has 0 saturated carbocycles. The van der Waals surface area contributed by atoms with Gasteiger partial charge in [-0.25, -0.2) is 4.98 Å². The van der Waals surface area contributed by atoms with Gasteiger partial charge in [0.25, 0.3) is 5.91 Å². The number of carbonyl (C=O) groups is 2. The fourth-order valence-electron chi connectivity index (χ4n) is 4.55. The predicted molar refractivity (Wildman–Crippen MR) is 123 cm³/mol. The molecule has 31 heavy (non-hydrogen) atoms. The number of rotatable bonds is 3. The lowest BCUT2D eigenvalue weighted by molar-refractivity contribution is -0.118. The maximum absolute atomic E-state index is 13.5. The van der Waals surface area contributed by atoms with Gasteiger partial charge in [0.1, 0.15) is 5.82 Å². The molecular formula is C25H26ClN3O2. The van der Waals surface area contributed by atoms with Crippen LogP contribution in [0.15, 0.2) is 65.0 Å². The second-order valence-corrected chi connectivity index (χ2v) is 9.48. The van der Waals surface area contributed by atoms with Gasteiger partial charge in [-0.3, -0.25) is 9.59 Å². The fraction of sp³-hybridized carbons (Fsp3) is 0.320. The van der Waals surface area contributed by atoms with Crippen LogP contribution in [0.3, 0.4) is 0 Å². The second-order valence-electron chi connectivity index (χ2n) is 9.07. The summed E-state index contributed by atoms with van der Waals surface area (Å²) in [6.07, 6.45) is 1.17. The maximum atomic E-state index is 13.5. The Hall–Kier alpha value is -2.92. The number of dihydropyridines is 1. The molecule has 160 valence electrons. The van der Waals surface area contributed by atoms with Crippen LogP contribution in [0.5, 0.6) is 0 Å². The molecule has 6 heteroatoms. The normalized spacial score (nSPS) is 20.3. The third-order valence-electron chi connectivity index (χ3n) is 5.83. The third kappa shape index (κ3) is 4.15. The average Bonchev–Trinajstić information content (AvgIpc) is 2.66. The molecule has 0 bridgehead atoms. The van der Waals surface area contributed by atoms with Crippen molar-refractivity contribution >= 4 is 29.1 Å². The van der Waals surface area contributed by atoms with E-state index in [1.165, 1.54) is 0 Å². The molecule has 0 saturated heterocycles. The summed E-state index contributed by atoms with van der Waals surface area (Å²) < 4.78 is 0. The Labute approximate surface area is 187 Å². The highest BCUT2D eigenvalue weighted by Crippen LogP contribution is 2.47. The number of anilines is 1. The van der Waals surface area contributed by atoms with Crippen molar-refractivity contribution in [2.75, 3.05) is 5.32 Å². The Kier molecular flexibility index (Phi) is 5.48. The molecule has 2 N–H and O–H groups in total. The SMILES string of the molecule is CC1=C(C(=O)Nc2cccc(C)n2)C(c2ccccc2Cl)C2=C(CC(C)(C)CC2=O)N1. The molecule has 1 aliphatic heterocycles. The molecule has 1 aliphatic carbocycles. The second kappa shape index (κ2) is 7.97. The number of benzene rings is 1. The molecule has 1 atom stereocenters. The summed E-state index contributed by atoms with van der Waals surface area (Å²) in [4.78, 5) is 31.2. The summed E-state index contributed by atoms with van der Waals surface area (Å²) in [6.45, 7) is 7.92. The van der Waals surface area contributed by atoms with E-state index in [0.29, 0.717) is 28.4 Å². The summed E-state index contributed by atoms with van der Waals surface area (Å²) in [6, 6.07) is 12.9. The first-order valence-electron chi connectivity index (χ1n) is 10.4. The topological polar surface area (TPSA) is 71.1 Å². The maximum Gasteiger partial charge on any atom is 0.255 e. The fourth-order valence-corrected chi connectivity index (χ4v) is 4.80. The van der Waals surface area contributed by atoms with E-state index in [9.17, 15) is 9.59 Å². The van der Waals surface area contributed by atoms with Gasteiger partial charge in [0, 0.05) is 45.6 Å². The van der Waals surface area contributed by atoms with Crippen molar-refractivity contribution in [2.24, 2.45) is 5.41 Å². The van der Waals surface area contributed by atoms with E-state index in [-0.39, 0.29) is 17.1 Å². The molecule has 4 rings (SSSR count). The Bertz CT molecular complexity index is 1150. The number of nitrogens with one attached hydrogen (secondary N) is 2. The molecule has 0 radical (unpaired) electrons. The number of hydrogen-bond acceptors (Lipinski definition) is 4. The van der Waals surface area contributed by atoms with Crippen LogP contribution in [0.25, 0.3) is 0 Å². The van der Waals surface area contributed by atoms with Crippen LogP contribution in [0.2, 0.25) is 5.02 Å². The molecule has 5 nitrogen and oxygen atoms in total. The van der Waals surface area contributed by atoms with Crippen molar-refractivity contribution < 1.29 is 9.59 Å². The number of nitrogens with zero attached hydrogens (tertiary/aromatic N) is 1. The molecule has 2 aromatic rings. The first kappa shape index (κ1) is 21.3. The minimum atomic E-state index is -0.529. The zero-order valence-electron chi connectivity index (χ0n) is 18.2. The Morgan fingerprint density at radius 3 is 2.58 bits per heavy atom. The number of halogens is 1. The molecule has 0 fully saturated rings. The quantitative estimate of drug-likeness (QED) is 0.687. The highest BCUT2D eigenvalue weighted by Gasteiger charge is 2.43. The van der Waals surface area contributed by atoms with Crippen molar-refractivity contribution in [1.29, 1.82) is 0 Å². The number of ketones is 1. The minimum Gasteiger partial charge on any atom is -0.362 e. The minimum absolute atomic E-state index is 0.0511. The molecule has 1 aromatic carbocycles. The number of aryl methyl sites for hydroxylation is 1. The van der Waals surface area contributed by atoms with Gasteiger partial charge in [-0.2, -0.15) is 0 Å². The molecular weight excluding hydrogens is 410 g/mol. The number of pyridine rings is 1. The summed E-state index contributed by atoms with van der Waals surface area (Å²) in [7, 11) is 0. The molecule has 0 spiro atoms. The average molecular weight is 436 g/mol. The number of hydrogen-bond donors (Lipinski definition) is 2. The van der Waals surface area contributed by atoms with Crippen LogP contribution in [0, 0.1) is 12.3 Å². The highest BCUT2D eigenvalue weighted by molar-refractivity contribution is 6.31. The lowest BCUT2D eigenvalue weighted by Gasteiger charge is -2.39. The smallest absolute Gasteiger partial charge is 0.255 e. The predicted octanol–water partition coefficient (Wildman–Crippen LogP) is 5.29. The largest absolute Gasteiger partial charge is 0.362 e. The van der Waals surface area contributed by atoms with E-state index in [4.69, 9.17) is 11.6 Å². The van der Waals surface area contributed by atoms with Gasteiger partial charge in [-0.05, 0) is 49.4 Å². The van der Waals surface area contributed by atoms with Gasteiger partial charge in [0.15, 0.2) is 5.78 Å². The summed E-state index contributed by atoms with van der Waals surface area (Å²) in [5, 5.41) is 6.80. The van der Waals surface area contributed by atoms with E-state index in [2.05, 4.69) is 29.5 Å². The Balaban J connectivity index is 1.83. The van der Waals surface area contributed by atoms with Gasteiger partial charge < -0.3 is 10.6 Å². The molecule has 1 aromatic heterocycles. The van der Waals surface area contributed by atoms with Gasteiger partial charge in [0.05, 0.1) is 0 Å². The number of Topliss-reactive ketones (excluding diaryl/α,β-unsaturated/α-hetero) is 1. The first-order valence-corrected chi connectivity index (χ1v) is 10.8. The van der Waals surface area contributed by atoms with Crippen LogP contribution < -0.4 is 10.6 Å². The van der Waals surface area contributed by atoms with Gasteiger partial charge >= 0.3 is 0 Å². The molecule has 2 aliphatic rings. The lowest BCUT2D eigenvalue weighted by Crippen LogP contribution is -2.39. The van der Waals surface area contributed by atoms with Crippen molar-refractivity contribution in [3.05, 3.63) is 81.3 Å². The summed E-state index contributed by atoms with van der Waals surface area (Å²) in [5.41, 5.74) is 4.16. The van der Waals surface area contributed by atoms with Crippen LogP contribution in [0.1, 0.15) is 50.8 Å². The number of allylic oxidation sites excluding steroid dienone is 3. The van der Waals surface area contributed by atoms with Crippen molar-refractivity contribution in [3.63, 3.8) is 0 Å². The van der Waals surface area contributed by atoms with E-state index in [1.54, 1.807) is 12.1 Å².